The Bertz CT molecular complexity index is 895. The minimum atomic E-state index is -1.17. The first-order valence-electron chi connectivity index (χ1n) is 9.93. The lowest BCUT2D eigenvalue weighted by Gasteiger charge is -2.22. The number of aryl methyl sites for hydroxylation is 1. The van der Waals surface area contributed by atoms with Crippen molar-refractivity contribution in [1.29, 1.82) is 0 Å². The summed E-state index contributed by atoms with van der Waals surface area (Å²) < 4.78 is 0. The minimum absolute atomic E-state index is 0.220. The molecule has 2 aromatic carbocycles. The van der Waals surface area contributed by atoms with E-state index in [9.17, 15) is 14.4 Å². The van der Waals surface area contributed by atoms with Crippen molar-refractivity contribution >= 4 is 17.8 Å². The van der Waals surface area contributed by atoms with Crippen LogP contribution in [0.15, 0.2) is 54.6 Å². The highest BCUT2D eigenvalue weighted by Crippen LogP contribution is 2.29. The van der Waals surface area contributed by atoms with E-state index in [1.165, 1.54) is 5.56 Å². The van der Waals surface area contributed by atoms with Crippen molar-refractivity contribution in [2.24, 2.45) is 0 Å². The number of benzene rings is 2. The summed E-state index contributed by atoms with van der Waals surface area (Å²) in [6.07, 6.45) is 2.00. The molecule has 152 valence electrons. The Kier molecular flexibility index (Phi) is 6.01. The van der Waals surface area contributed by atoms with E-state index >= 15 is 0 Å². The van der Waals surface area contributed by atoms with Crippen LogP contribution in [0.1, 0.15) is 49.9 Å². The number of hydrogen-bond acceptors (Lipinski definition) is 3. The molecule has 2 aromatic rings. The van der Waals surface area contributed by atoms with Crippen LogP contribution in [0.2, 0.25) is 0 Å². The minimum Gasteiger partial charge on any atom is -0.348 e. The third-order valence-electron chi connectivity index (χ3n) is 5.32. The quantitative estimate of drug-likeness (QED) is 0.709. The fourth-order valence-electron chi connectivity index (χ4n) is 3.59. The molecular formula is C23H27N3O3. The number of urea groups is 1. The predicted molar refractivity (Wildman–Crippen MR) is 111 cm³/mol. The molecule has 0 saturated carbocycles. The van der Waals surface area contributed by atoms with Crippen molar-refractivity contribution in [3.05, 3.63) is 71.3 Å². The molecule has 6 heteroatoms. The zero-order chi connectivity index (χ0) is 21.0. The third-order valence-corrected chi connectivity index (χ3v) is 5.32. The molecule has 0 radical (unpaired) electrons. The Morgan fingerprint density at radius 1 is 1.10 bits per heavy atom. The van der Waals surface area contributed by atoms with Crippen LogP contribution < -0.4 is 10.6 Å². The second kappa shape index (κ2) is 8.47. The van der Waals surface area contributed by atoms with E-state index < -0.39 is 17.5 Å². The average molecular weight is 393 g/mol. The van der Waals surface area contributed by atoms with Crippen molar-refractivity contribution < 1.29 is 14.4 Å². The van der Waals surface area contributed by atoms with Gasteiger partial charge in [-0.25, -0.2) is 4.79 Å². The fourth-order valence-corrected chi connectivity index (χ4v) is 3.59. The molecule has 1 fully saturated rings. The lowest BCUT2D eigenvalue weighted by Crippen LogP contribution is -2.43. The van der Waals surface area contributed by atoms with E-state index in [1.54, 1.807) is 6.92 Å². The molecule has 1 aliphatic heterocycles. The maximum atomic E-state index is 13.0. The molecule has 0 bridgehead atoms. The molecule has 0 aromatic heterocycles. The first-order valence-corrected chi connectivity index (χ1v) is 9.93. The van der Waals surface area contributed by atoms with E-state index in [2.05, 4.69) is 17.6 Å². The highest BCUT2D eigenvalue weighted by molar-refractivity contribution is 6.09. The van der Waals surface area contributed by atoms with Gasteiger partial charge in [0.2, 0.25) is 5.91 Å². The van der Waals surface area contributed by atoms with Gasteiger partial charge in [0.1, 0.15) is 12.1 Å². The number of hydrogen-bond donors (Lipinski definition) is 2. The largest absolute Gasteiger partial charge is 0.348 e. The molecule has 1 aliphatic rings. The highest BCUT2D eigenvalue weighted by Gasteiger charge is 2.49. The number of carbonyl (C=O) groups excluding carboxylic acids is 3. The number of amides is 4. The van der Waals surface area contributed by atoms with Gasteiger partial charge < -0.3 is 10.6 Å². The molecule has 29 heavy (non-hydrogen) atoms. The van der Waals surface area contributed by atoms with Crippen molar-refractivity contribution in [3.63, 3.8) is 0 Å². The summed E-state index contributed by atoms with van der Waals surface area (Å²) in [7, 11) is 0. The van der Waals surface area contributed by atoms with Crippen LogP contribution in [0.5, 0.6) is 0 Å². The molecule has 0 spiro atoms. The van der Waals surface area contributed by atoms with Gasteiger partial charge in [0.15, 0.2) is 0 Å². The number of nitrogens with one attached hydrogen (secondary N) is 2. The lowest BCUT2D eigenvalue weighted by molar-refractivity contribution is -0.135. The van der Waals surface area contributed by atoms with Crippen LogP contribution in [-0.4, -0.2) is 29.3 Å². The molecule has 1 heterocycles. The van der Waals surface area contributed by atoms with E-state index in [0.717, 1.165) is 23.3 Å². The van der Waals surface area contributed by atoms with Crippen molar-refractivity contribution in [2.75, 3.05) is 6.54 Å². The second-order valence-corrected chi connectivity index (χ2v) is 7.59. The number of nitrogens with zero attached hydrogens (tertiary/aromatic N) is 1. The summed E-state index contributed by atoms with van der Waals surface area (Å²) in [5, 5.41) is 5.59. The summed E-state index contributed by atoms with van der Waals surface area (Å²) in [6.45, 7) is 5.33. The third kappa shape index (κ3) is 4.31. The zero-order valence-electron chi connectivity index (χ0n) is 17.1. The molecule has 1 saturated heterocycles. The van der Waals surface area contributed by atoms with Crippen LogP contribution in [0.25, 0.3) is 0 Å². The lowest BCUT2D eigenvalue weighted by atomic mass is 9.91. The Morgan fingerprint density at radius 3 is 2.38 bits per heavy atom. The molecular weight excluding hydrogens is 366 g/mol. The predicted octanol–water partition coefficient (Wildman–Crippen LogP) is 3.28. The maximum absolute atomic E-state index is 13.0. The molecule has 0 aliphatic carbocycles. The van der Waals surface area contributed by atoms with Crippen LogP contribution in [0.3, 0.4) is 0 Å². The molecule has 6 nitrogen and oxygen atoms in total. The van der Waals surface area contributed by atoms with Crippen molar-refractivity contribution in [1.82, 2.24) is 15.5 Å². The van der Waals surface area contributed by atoms with Gasteiger partial charge in [-0.05, 0) is 37.0 Å². The van der Waals surface area contributed by atoms with Crippen LogP contribution in [0, 0.1) is 0 Å². The fraction of sp³-hybridized carbons (Fsp3) is 0.348. The number of imide groups is 1. The maximum Gasteiger partial charge on any atom is 0.325 e. The standard InChI is InChI=1S/C23H27N3O3/c1-4-8-17-11-13-19(14-12-17)23(3)21(28)26(22(29)25-23)15-20(27)24-16(2)18-9-6-5-7-10-18/h5-7,9-14,16H,4,8,15H2,1-3H3,(H,24,27)(H,25,29)/t16-,23-/m1/s1. The number of carbonyl (C=O) groups is 3. The normalized spacial score (nSPS) is 19.8. The van der Waals surface area contributed by atoms with Crippen LogP contribution in [-0.2, 0) is 21.5 Å². The summed E-state index contributed by atoms with van der Waals surface area (Å²) in [6, 6.07) is 16.4. The van der Waals surface area contributed by atoms with Gasteiger partial charge in [0, 0.05) is 0 Å². The van der Waals surface area contributed by atoms with E-state index in [4.69, 9.17) is 0 Å². The Labute approximate surface area is 171 Å². The van der Waals surface area contributed by atoms with Gasteiger partial charge in [-0.3, -0.25) is 14.5 Å². The van der Waals surface area contributed by atoms with Gasteiger partial charge in [-0.2, -0.15) is 0 Å². The van der Waals surface area contributed by atoms with Gasteiger partial charge in [0.05, 0.1) is 6.04 Å². The molecule has 3 rings (SSSR count). The van der Waals surface area contributed by atoms with Crippen molar-refractivity contribution in [2.45, 2.75) is 45.2 Å². The molecule has 2 N–H and O–H groups in total. The second-order valence-electron chi connectivity index (χ2n) is 7.59. The highest BCUT2D eigenvalue weighted by atomic mass is 16.2. The number of rotatable bonds is 7. The SMILES string of the molecule is CCCc1ccc([C@@]2(C)NC(=O)N(CC(=O)N[C@H](C)c3ccccc3)C2=O)cc1. The smallest absolute Gasteiger partial charge is 0.325 e. The van der Waals surface area contributed by atoms with E-state index in [1.807, 2.05) is 61.5 Å². The molecule has 2 atom stereocenters. The van der Waals surface area contributed by atoms with Crippen LogP contribution in [0.4, 0.5) is 4.79 Å². The van der Waals surface area contributed by atoms with Crippen molar-refractivity contribution in [3.8, 4) is 0 Å². The first-order chi connectivity index (χ1) is 13.8. The van der Waals surface area contributed by atoms with Gasteiger partial charge in [-0.15, -0.1) is 0 Å². The Hall–Kier alpha value is -3.15. The van der Waals surface area contributed by atoms with E-state index in [0.29, 0.717) is 5.56 Å². The van der Waals surface area contributed by atoms with Gasteiger partial charge in [0.25, 0.3) is 5.91 Å². The monoisotopic (exact) mass is 393 g/mol. The molecule has 0 unspecified atom stereocenters. The Balaban J connectivity index is 1.69. The summed E-state index contributed by atoms with van der Waals surface area (Å²) in [5.74, 6) is -0.805. The summed E-state index contributed by atoms with van der Waals surface area (Å²) in [5.41, 5.74) is 1.67. The zero-order valence-corrected chi connectivity index (χ0v) is 17.1. The van der Waals surface area contributed by atoms with Crippen LogP contribution >= 0.6 is 0 Å². The topological polar surface area (TPSA) is 78.5 Å². The average Bonchev–Trinajstić information content (AvgIpc) is 2.93. The summed E-state index contributed by atoms with van der Waals surface area (Å²) in [4.78, 5) is 38.9. The Morgan fingerprint density at radius 2 is 1.76 bits per heavy atom. The molecule has 4 amide bonds. The van der Waals surface area contributed by atoms with E-state index in [-0.39, 0.29) is 18.5 Å². The first kappa shape index (κ1) is 20.6. The van der Waals surface area contributed by atoms with Gasteiger partial charge >= 0.3 is 6.03 Å². The van der Waals surface area contributed by atoms with Gasteiger partial charge in [-0.1, -0.05) is 67.9 Å². The summed E-state index contributed by atoms with van der Waals surface area (Å²) >= 11 is 0.